The molecular formula is C14H17NO3. The van der Waals surface area contributed by atoms with Crippen LogP contribution in [0.1, 0.15) is 19.5 Å². The van der Waals surface area contributed by atoms with Gasteiger partial charge in [0.1, 0.15) is 0 Å². The van der Waals surface area contributed by atoms with Crippen LogP contribution in [0.4, 0.5) is 0 Å². The van der Waals surface area contributed by atoms with Crippen molar-refractivity contribution in [2.75, 3.05) is 6.61 Å². The molecule has 96 valence electrons. The number of aromatic nitrogens is 1. The van der Waals surface area contributed by atoms with Crippen LogP contribution in [0.3, 0.4) is 0 Å². The second kappa shape index (κ2) is 4.46. The van der Waals surface area contributed by atoms with Crippen LogP contribution >= 0.6 is 0 Å². The molecule has 2 aromatic rings. The summed E-state index contributed by atoms with van der Waals surface area (Å²) < 4.78 is 6.72. The molecule has 0 fully saturated rings. The van der Waals surface area contributed by atoms with E-state index in [4.69, 9.17) is 4.74 Å². The number of benzene rings is 1. The summed E-state index contributed by atoms with van der Waals surface area (Å²) in [7, 11) is 1.82. The highest BCUT2D eigenvalue weighted by Crippen LogP contribution is 2.28. The number of para-hydroxylation sites is 1. The van der Waals surface area contributed by atoms with Crippen molar-refractivity contribution in [2.45, 2.75) is 19.4 Å². The molecule has 4 heteroatoms. The maximum Gasteiger partial charge on any atom is 0.344 e. The molecule has 0 spiro atoms. The van der Waals surface area contributed by atoms with Gasteiger partial charge in [0, 0.05) is 12.6 Å². The molecule has 1 N–H and O–H groups in total. The Morgan fingerprint density at radius 2 is 2.11 bits per heavy atom. The lowest BCUT2D eigenvalue weighted by Gasteiger charge is -2.21. The molecule has 2 rings (SSSR count). The lowest BCUT2D eigenvalue weighted by Crippen LogP contribution is -2.35. The van der Waals surface area contributed by atoms with Gasteiger partial charge in [-0.15, -0.1) is 0 Å². The summed E-state index contributed by atoms with van der Waals surface area (Å²) >= 11 is 0. The van der Waals surface area contributed by atoms with Crippen molar-refractivity contribution in [3.63, 3.8) is 0 Å². The number of hydrogen-bond donors (Lipinski definition) is 1. The predicted molar refractivity (Wildman–Crippen MR) is 69.1 cm³/mol. The third kappa shape index (κ3) is 1.88. The molecule has 0 aliphatic carbocycles. The van der Waals surface area contributed by atoms with Gasteiger partial charge in [0.05, 0.1) is 12.3 Å². The first-order valence-corrected chi connectivity index (χ1v) is 5.93. The number of rotatable bonds is 3. The van der Waals surface area contributed by atoms with Crippen LogP contribution in [0.2, 0.25) is 0 Å². The smallest absolute Gasteiger partial charge is 0.344 e. The zero-order chi connectivity index (χ0) is 13.3. The minimum Gasteiger partial charge on any atom is -0.464 e. The summed E-state index contributed by atoms with van der Waals surface area (Å²) in [4.78, 5) is 11.8. The number of carbonyl (C=O) groups excluding carboxylic acids is 1. The van der Waals surface area contributed by atoms with Crippen LogP contribution in [0.5, 0.6) is 0 Å². The average molecular weight is 247 g/mol. The lowest BCUT2D eigenvalue weighted by atomic mass is 10.0. The minimum absolute atomic E-state index is 0.249. The largest absolute Gasteiger partial charge is 0.464 e. The van der Waals surface area contributed by atoms with Gasteiger partial charge in [-0.2, -0.15) is 0 Å². The highest BCUT2D eigenvalue weighted by molar-refractivity contribution is 5.86. The second-order valence-corrected chi connectivity index (χ2v) is 4.44. The highest BCUT2D eigenvalue weighted by atomic mass is 16.5. The van der Waals surface area contributed by atoms with Gasteiger partial charge >= 0.3 is 5.97 Å². The number of carbonyl (C=O) groups is 1. The molecule has 1 aromatic heterocycles. The standard InChI is InChI=1S/C14H17NO3/c1-4-18-13(16)14(2,17)12-9-10-7-5-6-8-11(10)15(12)3/h5-9,17H,4H2,1-3H3. The lowest BCUT2D eigenvalue weighted by molar-refractivity contribution is -0.164. The molecule has 0 saturated carbocycles. The van der Waals surface area contributed by atoms with Gasteiger partial charge in [-0.1, -0.05) is 18.2 Å². The summed E-state index contributed by atoms with van der Waals surface area (Å²) in [5, 5.41) is 11.4. The number of hydrogen-bond acceptors (Lipinski definition) is 3. The Morgan fingerprint density at radius 3 is 2.72 bits per heavy atom. The van der Waals surface area contributed by atoms with E-state index in [0.29, 0.717) is 5.69 Å². The Bertz CT molecular complexity index is 584. The fourth-order valence-electron chi connectivity index (χ4n) is 2.13. The van der Waals surface area contributed by atoms with E-state index in [9.17, 15) is 9.90 Å². The number of esters is 1. The van der Waals surface area contributed by atoms with Crippen LogP contribution < -0.4 is 0 Å². The fraction of sp³-hybridized carbons (Fsp3) is 0.357. The third-order valence-corrected chi connectivity index (χ3v) is 3.12. The van der Waals surface area contributed by atoms with Gasteiger partial charge < -0.3 is 14.4 Å². The molecular weight excluding hydrogens is 230 g/mol. The molecule has 0 saturated heterocycles. The average Bonchev–Trinajstić information content (AvgIpc) is 2.68. The van der Waals surface area contributed by atoms with E-state index in [1.54, 1.807) is 6.92 Å². The van der Waals surface area contributed by atoms with Crippen molar-refractivity contribution in [1.29, 1.82) is 0 Å². The Labute approximate surface area is 106 Å². The number of aryl methyl sites for hydroxylation is 1. The summed E-state index contributed by atoms with van der Waals surface area (Å²) in [6, 6.07) is 9.54. The summed E-state index contributed by atoms with van der Waals surface area (Å²) in [6.45, 7) is 3.42. The Balaban J connectivity index is 2.53. The van der Waals surface area contributed by atoms with Gasteiger partial charge in [0.15, 0.2) is 5.60 Å². The van der Waals surface area contributed by atoms with Crippen LogP contribution in [-0.4, -0.2) is 22.2 Å². The molecule has 0 aliphatic heterocycles. The van der Waals surface area contributed by atoms with E-state index < -0.39 is 11.6 Å². The van der Waals surface area contributed by atoms with Gasteiger partial charge in [-0.25, -0.2) is 4.79 Å². The van der Waals surface area contributed by atoms with Crippen LogP contribution in [0.25, 0.3) is 10.9 Å². The maximum absolute atomic E-state index is 11.8. The molecule has 0 bridgehead atoms. The molecule has 1 aromatic carbocycles. The summed E-state index contributed by atoms with van der Waals surface area (Å²) in [5.41, 5.74) is -0.136. The molecule has 18 heavy (non-hydrogen) atoms. The van der Waals surface area contributed by atoms with Gasteiger partial charge in [0.25, 0.3) is 0 Å². The van der Waals surface area contributed by atoms with Crippen molar-refractivity contribution in [3.8, 4) is 0 Å². The topological polar surface area (TPSA) is 51.5 Å². The van der Waals surface area contributed by atoms with Crippen molar-refractivity contribution in [3.05, 3.63) is 36.0 Å². The van der Waals surface area contributed by atoms with Gasteiger partial charge in [-0.3, -0.25) is 0 Å². The number of aliphatic hydroxyl groups is 1. The predicted octanol–water partition coefficient (Wildman–Crippen LogP) is 1.95. The highest BCUT2D eigenvalue weighted by Gasteiger charge is 2.36. The SMILES string of the molecule is CCOC(=O)C(C)(O)c1cc2ccccc2n1C. The van der Waals surface area contributed by atoms with E-state index in [2.05, 4.69) is 0 Å². The molecule has 0 radical (unpaired) electrons. The number of ether oxygens (including phenoxy) is 1. The molecule has 1 heterocycles. The Kier molecular flexibility index (Phi) is 3.13. The molecule has 4 nitrogen and oxygen atoms in total. The number of fused-ring (bicyclic) bond motifs is 1. The monoisotopic (exact) mass is 247 g/mol. The first kappa shape index (κ1) is 12.6. The summed E-state index contributed by atoms with van der Waals surface area (Å²) in [5.74, 6) is -0.629. The van der Waals surface area contributed by atoms with E-state index in [-0.39, 0.29) is 6.61 Å². The van der Waals surface area contributed by atoms with Crippen molar-refractivity contribution in [1.82, 2.24) is 4.57 Å². The van der Waals surface area contributed by atoms with Crippen LogP contribution in [0.15, 0.2) is 30.3 Å². The zero-order valence-corrected chi connectivity index (χ0v) is 10.8. The zero-order valence-electron chi connectivity index (χ0n) is 10.8. The quantitative estimate of drug-likeness (QED) is 0.843. The second-order valence-electron chi connectivity index (χ2n) is 4.44. The van der Waals surface area contributed by atoms with E-state index in [0.717, 1.165) is 10.9 Å². The third-order valence-electron chi connectivity index (χ3n) is 3.12. The summed E-state index contributed by atoms with van der Waals surface area (Å²) in [6.07, 6.45) is 0. The molecule has 0 amide bonds. The van der Waals surface area contributed by atoms with Crippen LogP contribution in [-0.2, 0) is 22.2 Å². The number of nitrogens with zero attached hydrogens (tertiary/aromatic N) is 1. The van der Waals surface area contributed by atoms with E-state index in [1.807, 2.05) is 41.9 Å². The van der Waals surface area contributed by atoms with Gasteiger partial charge in [-0.05, 0) is 31.4 Å². The maximum atomic E-state index is 11.8. The normalized spacial score (nSPS) is 14.4. The van der Waals surface area contributed by atoms with E-state index in [1.165, 1.54) is 6.92 Å². The minimum atomic E-state index is -1.64. The molecule has 1 unspecified atom stereocenters. The van der Waals surface area contributed by atoms with Gasteiger partial charge in [0.2, 0.25) is 0 Å². The Hall–Kier alpha value is -1.81. The first-order valence-electron chi connectivity index (χ1n) is 5.93. The molecule has 0 aliphatic rings. The van der Waals surface area contributed by atoms with E-state index >= 15 is 0 Å². The molecule has 1 atom stereocenters. The van der Waals surface area contributed by atoms with Crippen molar-refractivity contribution < 1.29 is 14.6 Å². The van der Waals surface area contributed by atoms with Crippen molar-refractivity contribution >= 4 is 16.9 Å². The first-order chi connectivity index (χ1) is 8.48. The Morgan fingerprint density at radius 1 is 1.44 bits per heavy atom. The van der Waals surface area contributed by atoms with Crippen LogP contribution in [0, 0.1) is 0 Å². The fourth-order valence-corrected chi connectivity index (χ4v) is 2.13. The van der Waals surface area contributed by atoms with Crippen molar-refractivity contribution in [2.24, 2.45) is 7.05 Å².